The molecule has 1 amide bonds. The van der Waals surface area contributed by atoms with E-state index in [-0.39, 0.29) is 24.6 Å². The van der Waals surface area contributed by atoms with Crippen molar-refractivity contribution in [1.29, 1.82) is 10.5 Å². The Morgan fingerprint density at radius 3 is 2.33 bits per heavy atom. The number of hydrogen-bond donors (Lipinski definition) is 0. The Morgan fingerprint density at radius 2 is 1.67 bits per heavy atom. The summed E-state index contributed by atoms with van der Waals surface area (Å²) in [7, 11) is 0. The van der Waals surface area contributed by atoms with E-state index in [4.69, 9.17) is 10.5 Å². The molecule has 2 rings (SSSR count). The Labute approximate surface area is 160 Å². The van der Waals surface area contributed by atoms with E-state index in [9.17, 15) is 9.18 Å². The van der Waals surface area contributed by atoms with E-state index in [1.165, 1.54) is 6.07 Å². The summed E-state index contributed by atoms with van der Waals surface area (Å²) in [6.45, 7) is 4.79. The number of rotatable bonds is 8. The molecule has 6 nitrogen and oxygen atoms in total. The number of benzene rings is 1. The quantitative estimate of drug-likeness (QED) is 0.699. The summed E-state index contributed by atoms with van der Waals surface area (Å²) in [5.74, 6) is -0.220. The lowest BCUT2D eigenvalue weighted by Crippen LogP contribution is -2.42. The molecule has 7 heteroatoms. The van der Waals surface area contributed by atoms with Crippen LogP contribution in [-0.2, 0) is 11.3 Å². The van der Waals surface area contributed by atoms with E-state index in [1.807, 2.05) is 24.3 Å². The van der Waals surface area contributed by atoms with Crippen LogP contribution in [0.15, 0.2) is 24.3 Å². The fourth-order valence-electron chi connectivity index (χ4n) is 3.23. The number of nitriles is 2. The summed E-state index contributed by atoms with van der Waals surface area (Å²) in [5, 5.41) is 17.5. The standard InChI is InChI=1S/C20H26FN5O/c21-19-7-2-1-6-18(19)16-24-10-5-11-25(15-14-24)17-20(27)26(12-3-8-22)13-4-9-23/h1-2,6-7H,3-5,10-17H2. The minimum absolute atomic E-state index is 0.0388. The molecule has 144 valence electrons. The molecule has 27 heavy (non-hydrogen) atoms. The highest BCUT2D eigenvalue weighted by Crippen LogP contribution is 2.12. The average molecular weight is 371 g/mol. The van der Waals surface area contributed by atoms with E-state index in [0.717, 1.165) is 32.6 Å². The second-order valence-corrected chi connectivity index (χ2v) is 6.69. The third-order valence-electron chi connectivity index (χ3n) is 4.73. The first-order valence-corrected chi connectivity index (χ1v) is 9.34. The van der Waals surface area contributed by atoms with Gasteiger partial charge in [-0.3, -0.25) is 14.6 Å². The van der Waals surface area contributed by atoms with Gasteiger partial charge in [-0.25, -0.2) is 4.39 Å². The maximum atomic E-state index is 13.9. The van der Waals surface area contributed by atoms with Gasteiger partial charge in [0.15, 0.2) is 0 Å². The van der Waals surface area contributed by atoms with Crippen LogP contribution < -0.4 is 0 Å². The lowest BCUT2D eigenvalue weighted by molar-refractivity contribution is -0.132. The molecule has 1 fully saturated rings. The van der Waals surface area contributed by atoms with Gasteiger partial charge in [-0.2, -0.15) is 10.5 Å². The van der Waals surface area contributed by atoms with Gasteiger partial charge in [-0.1, -0.05) is 18.2 Å². The van der Waals surface area contributed by atoms with Gasteiger partial charge in [-0.15, -0.1) is 0 Å². The van der Waals surface area contributed by atoms with Gasteiger partial charge in [0.1, 0.15) is 5.82 Å². The molecule has 0 N–H and O–H groups in total. The third-order valence-corrected chi connectivity index (χ3v) is 4.73. The van der Waals surface area contributed by atoms with Crippen molar-refractivity contribution in [3.05, 3.63) is 35.6 Å². The SMILES string of the molecule is N#CCCN(CCC#N)C(=O)CN1CCCN(Cc2ccccc2F)CC1. The van der Waals surface area contributed by atoms with Crippen LogP contribution >= 0.6 is 0 Å². The Balaban J connectivity index is 1.85. The molecule has 0 bridgehead atoms. The van der Waals surface area contributed by atoms with Crippen molar-refractivity contribution in [3.8, 4) is 12.1 Å². The lowest BCUT2D eigenvalue weighted by atomic mass is 10.2. The van der Waals surface area contributed by atoms with Gasteiger partial charge in [0.25, 0.3) is 0 Å². The molecule has 0 aliphatic carbocycles. The highest BCUT2D eigenvalue weighted by molar-refractivity contribution is 5.78. The maximum absolute atomic E-state index is 13.9. The van der Waals surface area contributed by atoms with Crippen LogP contribution in [0, 0.1) is 28.5 Å². The Kier molecular flexibility index (Phi) is 8.70. The van der Waals surface area contributed by atoms with E-state index in [0.29, 0.717) is 31.7 Å². The van der Waals surface area contributed by atoms with Crippen molar-refractivity contribution in [1.82, 2.24) is 14.7 Å². The van der Waals surface area contributed by atoms with E-state index in [1.54, 1.807) is 11.0 Å². The van der Waals surface area contributed by atoms with Crippen LogP contribution in [0.5, 0.6) is 0 Å². The van der Waals surface area contributed by atoms with Crippen molar-refractivity contribution >= 4 is 5.91 Å². The molecule has 1 aliphatic heterocycles. The predicted molar refractivity (Wildman–Crippen MR) is 99.8 cm³/mol. The van der Waals surface area contributed by atoms with Crippen molar-refractivity contribution in [3.63, 3.8) is 0 Å². The molecule has 1 aromatic carbocycles. The number of nitrogens with zero attached hydrogens (tertiary/aromatic N) is 5. The van der Waals surface area contributed by atoms with E-state index in [2.05, 4.69) is 9.80 Å². The normalized spacial score (nSPS) is 15.5. The molecular formula is C20H26FN5O. The van der Waals surface area contributed by atoms with Crippen LogP contribution in [0.25, 0.3) is 0 Å². The first-order chi connectivity index (χ1) is 13.1. The maximum Gasteiger partial charge on any atom is 0.236 e. The molecule has 0 atom stereocenters. The monoisotopic (exact) mass is 371 g/mol. The van der Waals surface area contributed by atoms with Crippen molar-refractivity contribution in [2.24, 2.45) is 0 Å². The molecule has 0 unspecified atom stereocenters. The van der Waals surface area contributed by atoms with Gasteiger partial charge in [0.05, 0.1) is 31.5 Å². The van der Waals surface area contributed by atoms with E-state index < -0.39 is 0 Å². The number of hydrogen-bond acceptors (Lipinski definition) is 5. The van der Waals surface area contributed by atoms with Crippen LogP contribution in [0.1, 0.15) is 24.8 Å². The van der Waals surface area contributed by atoms with Crippen LogP contribution in [0.2, 0.25) is 0 Å². The fourth-order valence-corrected chi connectivity index (χ4v) is 3.23. The molecular weight excluding hydrogens is 345 g/mol. The van der Waals surface area contributed by atoms with Gasteiger partial charge in [0.2, 0.25) is 5.91 Å². The molecule has 0 aromatic heterocycles. The molecule has 0 radical (unpaired) electrons. The summed E-state index contributed by atoms with van der Waals surface area (Å²) < 4.78 is 13.9. The summed E-state index contributed by atoms with van der Waals surface area (Å²) in [6, 6.07) is 10.9. The zero-order valence-corrected chi connectivity index (χ0v) is 15.6. The molecule has 1 aliphatic rings. The molecule has 0 spiro atoms. The third kappa shape index (κ3) is 6.97. The summed E-state index contributed by atoms with van der Waals surface area (Å²) in [4.78, 5) is 18.5. The second-order valence-electron chi connectivity index (χ2n) is 6.69. The first kappa shape index (κ1) is 20.8. The van der Waals surface area contributed by atoms with Gasteiger partial charge < -0.3 is 4.90 Å². The minimum Gasteiger partial charge on any atom is -0.340 e. The van der Waals surface area contributed by atoms with Gasteiger partial charge in [0, 0.05) is 38.3 Å². The number of carbonyl (C=O) groups is 1. The molecule has 1 saturated heterocycles. The van der Waals surface area contributed by atoms with Gasteiger partial charge >= 0.3 is 0 Å². The van der Waals surface area contributed by atoms with Crippen molar-refractivity contribution < 1.29 is 9.18 Å². The first-order valence-electron chi connectivity index (χ1n) is 9.34. The zero-order valence-electron chi connectivity index (χ0n) is 15.6. The second kappa shape index (κ2) is 11.3. The predicted octanol–water partition coefficient (Wildman–Crippen LogP) is 1.99. The minimum atomic E-state index is -0.181. The molecule has 0 saturated carbocycles. The fraction of sp³-hybridized carbons (Fsp3) is 0.550. The van der Waals surface area contributed by atoms with Crippen LogP contribution in [0.3, 0.4) is 0 Å². The van der Waals surface area contributed by atoms with Crippen molar-refractivity contribution in [2.45, 2.75) is 25.8 Å². The molecule has 1 heterocycles. The Hall–Kier alpha value is -2.48. The zero-order chi connectivity index (χ0) is 19.5. The smallest absolute Gasteiger partial charge is 0.236 e. The van der Waals surface area contributed by atoms with Gasteiger partial charge in [-0.05, 0) is 25.6 Å². The Morgan fingerprint density at radius 1 is 1.04 bits per heavy atom. The highest BCUT2D eigenvalue weighted by atomic mass is 19.1. The van der Waals surface area contributed by atoms with E-state index >= 15 is 0 Å². The largest absolute Gasteiger partial charge is 0.340 e. The topological polar surface area (TPSA) is 74.4 Å². The van der Waals surface area contributed by atoms with Crippen LogP contribution in [0.4, 0.5) is 4.39 Å². The number of amides is 1. The van der Waals surface area contributed by atoms with Crippen molar-refractivity contribution in [2.75, 3.05) is 45.8 Å². The number of carbonyl (C=O) groups excluding carboxylic acids is 1. The lowest BCUT2D eigenvalue weighted by Gasteiger charge is -2.26. The highest BCUT2D eigenvalue weighted by Gasteiger charge is 2.20. The summed E-state index contributed by atoms with van der Waals surface area (Å²) in [6.07, 6.45) is 1.46. The average Bonchev–Trinajstić information content (AvgIpc) is 2.89. The summed E-state index contributed by atoms with van der Waals surface area (Å²) in [5.41, 5.74) is 0.696. The Bertz CT molecular complexity index is 678. The van der Waals surface area contributed by atoms with Crippen LogP contribution in [-0.4, -0.2) is 66.4 Å². The summed E-state index contributed by atoms with van der Waals surface area (Å²) >= 11 is 0. The number of halogens is 1. The molecule has 1 aromatic rings.